The zero-order valence-electron chi connectivity index (χ0n) is 23.0. The van der Waals surface area contributed by atoms with Crippen molar-refractivity contribution < 1.29 is 26.9 Å². The van der Waals surface area contributed by atoms with Gasteiger partial charge in [-0.15, -0.1) is 11.3 Å². The topological polar surface area (TPSA) is 101 Å². The smallest absolute Gasteiger partial charge is 0.379 e. The fraction of sp³-hybridized carbons (Fsp3) is 0.481. The molecule has 1 fully saturated rings. The minimum atomic E-state index is -4.52. The highest BCUT2D eigenvalue weighted by atomic mass is 32.1. The molecule has 1 aromatic carbocycles. The maximum atomic E-state index is 14.7. The number of likely N-dealkylation sites (tertiary alicyclic amines) is 1. The second-order valence-electron chi connectivity index (χ2n) is 11.3. The van der Waals surface area contributed by atoms with Gasteiger partial charge < -0.3 is 24.6 Å². The van der Waals surface area contributed by atoms with Crippen molar-refractivity contribution in [3.8, 4) is 11.5 Å². The fourth-order valence-electron chi connectivity index (χ4n) is 4.76. The quantitative estimate of drug-likeness (QED) is 0.277. The molecule has 41 heavy (non-hydrogen) atoms. The van der Waals surface area contributed by atoms with E-state index in [4.69, 9.17) is 4.52 Å². The van der Waals surface area contributed by atoms with Crippen molar-refractivity contribution in [1.29, 1.82) is 0 Å². The van der Waals surface area contributed by atoms with Gasteiger partial charge in [0.15, 0.2) is 0 Å². The SMILES string of the molecule is CN1CC[C@@H](Nc2cccc3c2cc(-c2noc(CNC(=O)c4cnc(C(C)(C)C)s4)n2)n3CC(F)(F)F)[C@@H](F)C1. The highest BCUT2D eigenvalue weighted by Crippen LogP contribution is 2.35. The molecule has 0 saturated carbocycles. The summed E-state index contributed by atoms with van der Waals surface area (Å²) in [4.78, 5) is 23.5. The summed E-state index contributed by atoms with van der Waals surface area (Å²) in [6.45, 7) is 5.58. The molecule has 1 aliphatic heterocycles. The lowest BCUT2D eigenvalue weighted by Gasteiger charge is -2.33. The third-order valence-electron chi connectivity index (χ3n) is 6.84. The third kappa shape index (κ3) is 6.53. The van der Waals surface area contributed by atoms with Crippen LogP contribution in [0, 0.1) is 0 Å². The zero-order chi connectivity index (χ0) is 29.5. The Balaban J connectivity index is 1.40. The van der Waals surface area contributed by atoms with Gasteiger partial charge in [-0.1, -0.05) is 32.0 Å². The summed E-state index contributed by atoms with van der Waals surface area (Å²) in [5.74, 6) is -0.404. The summed E-state index contributed by atoms with van der Waals surface area (Å²) in [7, 11) is 1.85. The molecule has 2 N–H and O–H groups in total. The lowest BCUT2D eigenvalue weighted by molar-refractivity contribution is -0.139. The van der Waals surface area contributed by atoms with Crippen molar-refractivity contribution in [2.45, 2.75) is 64.1 Å². The number of alkyl halides is 4. The summed E-state index contributed by atoms with van der Waals surface area (Å²) >= 11 is 1.28. The van der Waals surface area contributed by atoms with Crippen molar-refractivity contribution in [3.63, 3.8) is 0 Å². The summed E-state index contributed by atoms with van der Waals surface area (Å²) in [5.41, 5.74) is 0.711. The number of fused-ring (bicyclic) bond motifs is 1. The van der Waals surface area contributed by atoms with E-state index >= 15 is 0 Å². The molecule has 5 rings (SSSR count). The van der Waals surface area contributed by atoms with Gasteiger partial charge in [0.1, 0.15) is 17.6 Å². The van der Waals surface area contributed by atoms with Crippen molar-refractivity contribution in [2.75, 3.05) is 25.5 Å². The first-order valence-corrected chi connectivity index (χ1v) is 14.0. The van der Waals surface area contributed by atoms with Gasteiger partial charge in [-0.3, -0.25) is 4.79 Å². The minimum Gasteiger partial charge on any atom is -0.379 e. The second kappa shape index (κ2) is 11.0. The molecule has 0 aliphatic carbocycles. The Kier molecular flexibility index (Phi) is 7.81. The summed E-state index contributed by atoms with van der Waals surface area (Å²) < 4.78 is 62.0. The third-order valence-corrected chi connectivity index (χ3v) is 8.26. The van der Waals surface area contributed by atoms with Crippen LogP contribution in [0.25, 0.3) is 22.4 Å². The van der Waals surface area contributed by atoms with Gasteiger partial charge in [-0.05, 0) is 31.7 Å². The zero-order valence-corrected chi connectivity index (χ0v) is 23.9. The molecule has 4 aromatic rings. The van der Waals surface area contributed by atoms with Gasteiger partial charge in [0.05, 0.1) is 35.0 Å². The van der Waals surface area contributed by atoms with Gasteiger partial charge in [-0.25, -0.2) is 9.37 Å². The molecule has 220 valence electrons. The molecule has 0 unspecified atom stereocenters. The monoisotopic (exact) mass is 593 g/mol. The Morgan fingerprint density at radius 2 is 2.02 bits per heavy atom. The number of aromatic nitrogens is 4. The van der Waals surface area contributed by atoms with Gasteiger partial charge in [0.2, 0.25) is 11.7 Å². The first kappa shape index (κ1) is 29.0. The van der Waals surface area contributed by atoms with Crippen LogP contribution in [0.3, 0.4) is 0 Å². The average Bonchev–Trinajstić information content (AvgIpc) is 3.63. The van der Waals surface area contributed by atoms with E-state index in [1.165, 1.54) is 17.5 Å². The molecule has 9 nitrogen and oxygen atoms in total. The molecule has 1 saturated heterocycles. The number of rotatable bonds is 7. The molecule has 3 aromatic heterocycles. The number of amides is 1. The van der Waals surface area contributed by atoms with E-state index in [9.17, 15) is 22.4 Å². The molecule has 14 heteroatoms. The molecular formula is C27H31F4N7O2S. The molecule has 0 radical (unpaired) electrons. The van der Waals surface area contributed by atoms with Crippen LogP contribution >= 0.6 is 11.3 Å². The van der Waals surface area contributed by atoms with Crippen molar-refractivity contribution in [1.82, 2.24) is 29.9 Å². The van der Waals surface area contributed by atoms with E-state index in [0.717, 1.165) is 9.57 Å². The maximum Gasteiger partial charge on any atom is 0.406 e. The minimum absolute atomic E-state index is 0.0302. The van der Waals surface area contributed by atoms with Crippen LogP contribution < -0.4 is 10.6 Å². The van der Waals surface area contributed by atoms with Gasteiger partial charge >= 0.3 is 6.18 Å². The number of carbonyl (C=O) groups is 1. The van der Waals surface area contributed by atoms with Crippen LogP contribution in [0.1, 0.15) is 47.8 Å². The predicted octanol–water partition coefficient (Wildman–Crippen LogP) is 5.39. The van der Waals surface area contributed by atoms with Crippen LogP contribution in [-0.2, 0) is 18.5 Å². The Hall–Kier alpha value is -3.52. The van der Waals surface area contributed by atoms with Crippen LogP contribution in [0.2, 0.25) is 0 Å². The van der Waals surface area contributed by atoms with E-state index < -0.39 is 24.9 Å². The largest absolute Gasteiger partial charge is 0.406 e. The number of carbonyl (C=O) groups excluding carboxylic acids is 1. The van der Waals surface area contributed by atoms with Crippen LogP contribution in [0.5, 0.6) is 0 Å². The van der Waals surface area contributed by atoms with Crippen LogP contribution in [-0.4, -0.2) is 69.0 Å². The van der Waals surface area contributed by atoms with E-state index in [-0.39, 0.29) is 41.8 Å². The highest BCUT2D eigenvalue weighted by Gasteiger charge is 2.32. The Morgan fingerprint density at radius 1 is 1.24 bits per heavy atom. The number of benzene rings is 1. The van der Waals surface area contributed by atoms with Crippen LogP contribution in [0.15, 0.2) is 35.0 Å². The summed E-state index contributed by atoms with van der Waals surface area (Å²) in [6.07, 6.45) is -3.59. The molecule has 1 amide bonds. The van der Waals surface area contributed by atoms with Crippen molar-refractivity contribution in [3.05, 3.63) is 46.2 Å². The number of anilines is 1. The van der Waals surface area contributed by atoms with Gasteiger partial charge in [0, 0.05) is 29.6 Å². The Morgan fingerprint density at radius 3 is 2.71 bits per heavy atom. The van der Waals surface area contributed by atoms with E-state index in [0.29, 0.717) is 34.4 Å². The molecule has 0 bridgehead atoms. The average molecular weight is 594 g/mol. The Labute approximate surface area is 237 Å². The van der Waals surface area contributed by atoms with Crippen molar-refractivity contribution >= 4 is 33.8 Å². The maximum absolute atomic E-state index is 14.7. The molecule has 4 heterocycles. The number of nitrogens with one attached hydrogen (secondary N) is 2. The standard InChI is InChI=1S/C27H31F4N7O2S/c1-26(2,3)25-33-11-21(41-25)24(39)32-12-22-35-23(36-40-22)20-10-15-17(34-18-8-9-37(4)13-16(18)28)6-5-7-19(15)38(20)14-27(29,30)31/h5-7,10-11,16,18,34H,8-9,12-14H2,1-4H3,(H,32,39)/t16-,18+/m0/s1. The number of halogens is 4. The lowest BCUT2D eigenvalue weighted by Crippen LogP contribution is -2.46. The van der Waals surface area contributed by atoms with Crippen molar-refractivity contribution in [2.24, 2.45) is 0 Å². The molecule has 0 spiro atoms. The number of hydrogen-bond donors (Lipinski definition) is 2. The predicted molar refractivity (Wildman–Crippen MR) is 148 cm³/mol. The summed E-state index contributed by atoms with van der Waals surface area (Å²) in [6, 6.07) is 6.00. The molecule has 2 atom stereocenters. The molecule has 1 aliphatic rings. The van der Waals surface area contributed by atoms with E-state index in [1.54, 1.807) is 24.3 Å². The van der Waals surface area contributed by atoms with Crippen LogP contribution in [0.4, 0.5) is 23.2 Å². The highest BCUT2D eigenvalue weighted by molar-refractivity contribution is 7.13. The lowest BCUT2D eigenvalue weighted by atomic mass is 9.98. The fourth-order valence-corrected chi connectivity index (χ4v) is 5.65. The van der Waals surface area contributed by atoms with Gasteiger partial charge in [-0.2, -0.15) is 18.2 Å². The molecular weight excluding hydrogens is 562 g/mol. The number of hydrogen-bond acceptors (Lipinski definition) is 8. The normalized spacial score (nSPS) is 18.6. The first-order chi connectivity index (χ1) is 19.3. The number of thiazole rings is 1. The first-order valence-electron chi connectivity index (χ1n) is 13.1. The number of piperidine rings is 1. The van der Waals surface area contributed by atoms with E-state index in [1.807, 2.05) is 32.7 Å². The second-order valence-corrected chi connectivity index (χ2v) is 12.3. The van der Waals surface area contributed by atoms with Gasteiger partial charge in [0.25, 0.3) is 5.91 Å². The Bertz CT molecular complexity index is 1540. The number of nitrogens with zero attached hydrogens (tertiary/aromatic N) is 5. The van der Waals surface area contributed by atoms with E-state index in [2.05, 4.69) is 25.8 Å². The summed E-state index contributed by atoms with van der Waals surface area (Å²) in [5, 5.41) is 11.1.